The number of hydrogen-bond donors (Lipinski definition) is 2. The molecule has 0 bridgehead atoms. The zero-order valence-corrected chi connectivity index (χ0v) is 11.6. The molecule has 0 aromatic carbocycles. The summed E-state index contributed by atoms with van der Waals surface area (Å²) in [5.41, 5.74) is 2.54. The van der Waals surface area contributed by atoms with Gasteiger partial charge in [-0.2, -0.15) is 0 Å². The molecule has 0 atom stereocenters. The fraction of sp³-hybridized carbons (Fsp3) is 0.467. The van der Waals surface area contributed by atoms with Gasteiger partial charge in [0.15, 0.2) is 0 Å². The van der Waals surface area contributed by atoms with Gasteiger partial charge in [0.2, 0.25) is 0 Å². The van der Waals surface area contributed by atoms with Gasteiger partial charge in [-0.05, 0) is 50.9 Å². The second-order valence-electron chi connectivity index (χ2n) is 5.42. The number of nitrogens with zero attached hydrogens (tertiary/aromatic N) is 2. The summed E-state index contributed by atoms with van der Waals surface area (Å²) in [4.78, 5) is 12.1. The molecule has 0 spiro atoms. The molecule has 106 valence electrons. The number of nitrogens with one attached hydrogen (secondary N) is 2. The normalized spacial score (nSPS) is 16.5. The quantitative estimate of drug-likeness (QED) is 0.904. The minimum absolute atomic E-state index is 0.322. The van der Waals surface area contributed by atoms with Crippen molar-refractivity contribution in [2.24, 2.45) is 5.92 Å². The lowest BCUT2D eigenvalue weighted by Gasteiger charge is -2.21. The van der Waals surface area contributed by atoms with Crippen molar-refractivity contribution in [3.63, 3.8) is 0 Å². The highest BCUT2D eigenvalue weighted by Gasteiger charge is 2.17. The molecule has 1 saturated heterocycles. The summed E-state index contributed by atoms with van der Waals surface area (Å²) in [6.07, 6.45) is 4.60. The van der Waals surface area contributed by atoms with Gasteiger partial charge >= 0.3 is 0 Å². The zero-order chi connectivity index (χ0) is 13.9. The molecule has 2 N–H and O–H groups in total. The average molecular weight is 274 g/mol. The molecule has 3 heterocycles. The zero-order valence-electron chi connectivity index (χ0n) is 11.6. The molecular weight excluding hydrogens is 255 g/mol. The molecule has 2 aromatic rings. The van der Waals surface area contributed by atoms with E-state index in [1.807, 2.05) is 6.92 Å². The van der Waals surface area contributed by atoms with Gasteiger partial charge in [-0.3, -0.25) is 4.98 Å². The van der Waals surface area contributed by atoms with Crippen LogP contribution in [0, 0.1) is 18.7 Å². The van der Waals surface area contributed by atoms with E-state index >= 15 is 0 Å². The van der Waals surface area contributed by atoms with Crippen LogP contribution >= 0.6 is 0 Å². The molecule has 0 aliphatic carbocycles. The molecule has 0 radical (unpaired) electrons. The lowest BCUT2D eigenvalue weighted by atomic mass is 9.94. The molecule has 0 saturated carbocycles. The highest BCUT2D eigenvalue weighted by Crippen LogP contribution is 2.22. The Labute approximate surface area is 117 Å². The summed E-state index contributed by atoms with van der Waals surface area (Å²) in [5.74, 6) is 1.38. The van der Waals surface area contributed by atoms with Crippen LogP contribution in [0.15, 0.2) is 18.3 Å². The molecule has 5 heteroatoms. The van der Waals surface area contributed by atoms with Crippen LogP contribution in [0.5, 0.6) is 0 Å². The highest BCUT2D eigenvalue weighted by molar-refractivity contribution is 5.56. The topological polar surface area (TPSA) is 53.6 Å². The predicted octanol–water partition coefficient (Wildman–Crippen LogP) is 2.46. The van der Waals surface area contributed by atoms with E-state index in [1.54, 1.807) is 6.07 Å². The number of hydrogen-bond acceptors (Lipinski definition) is 3. The molecule has 1 aliphatic heterocycles. The van der Waals surface area contributed by atoms with Gasteiger partial charge in [-0.25, -0.2) is 9.37 Å². The summed E-state index contributed by atoms with van der Waals surface area (Å²) in [7, 11) is 0. The Hall–Kier alpha value is -1.75. The van der Waals surface area contributed by atoms with Crippen molar-refractivity contribution in [1.82, 2.24) is 20.3 Å². The van der Waals surface area contributed by atoms with Gasteiger partial charge in [0.05, 0.1) is 11.9 Å². The Morgan fingerprint density at radius 2 is 2.10 bits per heavy atom. The minimum atomic E-state index is -0.322. The third kappa shape index (κ3) is 2.88. The molecule has 4 nitrogen and oxygen atoms in total. The van der Waals surface area contributed by atoms with E-state index in [-0.39, 0.29) is 5.82 Å². The minimum Gasteiger partial charge on any atom is -0.346 e. The molecule has 0 amide bonds. The van der Waals surface area contributed by atoms with Gasteiger partial charge in [-0.1, -0.05) is 0 Å². The van der Waals surface area contributed by atoms with Crippen molar-refractivity contribution >= 4 is 0 Å². The SMILES string of the molecule is Cc1[nH]c(CC2CCNCC2)nc1-c1ccc(F)cn1. The number of aromatic amines is 1. The number of imidazole rings is 1. The molecule has 0 unspecified atom stereocenters. The molecule has 1 fully saturated rings. The maximum Gasteiger partial charge on any atom is 0.141 e. The molecule has 1 aliphatic rings. The van der Waals surface area contributed by atoms with E-state index in [9.17, 15) is 4.39 Å². The lowest BCUT2D eigenvalue weighted by Crippen LogP contribution is -2.28. The Morgan fingerprint density at radius 1 is 1.30 bits per heavy atom. The van der Waals surface area contributed by atoms with Crippen LogP contribution in [0.25, 0.3) is 11.4 Å². The second-order valence-corrected chi connectivity index (χ2v) is 5.42. The van der Waals surface area contributed by atoms with Crippen LogP contribution < -0.4 is 5.32 Å². The van der Waals surface area contributed by atoms with Crippen molar-refractivity contribution in [1.29, 1.82) is 0 Å². The number of aryl methyl sites for hydroxylation is 1. The van der Waals surface area contributed by atoms with Gasteiger partial charge in [0.1, 0.15) is 17.3 Å². The second kappa shape index (κ2) is 5.71. The third-order valence-electron chi connectivity index (χ3n) is 3.84. The average Bonchev–Trinajstić information content (AvgIpc) is 2.81. The molecule has 20 heavy (non-hydrogen) atoms. The van der Waals surface area contributed by atoms with Crippen LogP contribution in [0.2, 0.25) is 0 Å². The Kier molecular flexibility index (Phi) is 3.78. The van der Waals surface area contributed by atoms with E-state index in [1.165, 1.54) is 25.1 Å². The van der Waals surface area contributed by atoms with Gasteiger partial charge < -0.3 is 10.3 Å². The van der Waals surface area contributed by atoms with E-state index in [2.05, 4.69) is 20.3 Å². The van der Waals surface area contributed by atoms with Crippen LogP contribution in [-0.2, 0) is 6.42 Å². The number of pyridine rings is 1. The third-order valence-corrected chi connectivity index (χ3v) is 3.84. The van der Waals surface area contributed by atoms with Gasteiger partial charge in [0, 0.05) is 12.1 Å². The monoisotopic (exact) mass is 274 g/mol. The van der Waals surface area contributed by atoms with Crippen LogP contribution in [-0.4, -0.2) is 28.0 Å². The van der Waals surface area contributed by atoms with Crippen molar-refractivity contribution in [2.75, 3.05) is 13.1 Å². The van der Waals surface area contributed by atoms with Crippen LogP contribution in [0.1, 0.15) is 24.4 Å². The van der Waals surface area contributed by atoms with Gasteiger partial charge in [-0.15, -0.1) is 0 Å². The summed E-state index contributed by atoms with van der Waals surface area (Å²) in [6, 6.07) is 3.09. The maximum absolute atomic E-state index is 12.9. The van der Waals surface area contributed by atoms with E-state index in [0.717, 1.165) is 42.4 Å². The number of halogens is 1. The first-order valence-electron chi connectivity index (χ1n) is 7.10. The Balaban J connectivity index is 1.78. The number of aromatic nitrogens is 3. The van der Waals surface area contributed by atoms with Crippen LogP contribution in [0.4, 0.5) is 4.39 Å². The number of H-pyrrole nitrogens is 1. The molecule has 2 aromatic heterocycles. The standard InChI is InChI=1S/C15H19FN4/c1-10-15(13-3-2-12(16)9-18-13)20-14(19-10)8-11-4-6-17-7-5-11/h2-3,9,11,17H,4-8H2,1H3,(H,19,20). The summed E-state index contributed by atoms with van der Waals surface area (Å²) >= 11 is 0. The molecule has 3 rings (SSSR count). The molecular formula is C15H19FN4. The number of piperidine rings is 1. The van der Waals surface area contributed by atoms with E-state index in [0.29, 0.717) is 5.92 Å². The van der Waals surface area contributed by atoms with E-state index in [4.69, 9.17) is 0 Å². The van der Waals surface area contributed by atoms with E-state index < -0.39 is 0 Å². The largest absolute Gasteiger partial charge is 0.346 e. The smallest absolute Gasteiger partial charge is 0.141 e. The van der Waals surface area contributed by atoms with Gasteiger partial charge in [0.25, 0.3) is 0 Å². The van der Waals surface area contributed by atoms with Crippen LogP contribution in [0.3, 0.4) is 0 Å². The first-order valence-corrected chi connectivity index (χ1v) is 7.10. The van der Waals surface area contributed by atoms with Crippen molar-refractivity contribution in [2.45, 2.75) is 26.2 Å². The predicted molar refractivity (Wildman–Crippen MR) is 75.8 cm³/mol. The summed E-state index contributed by atoms with van der Waals surface area (Å²) in [6.45, 7) is 4.17. The van der Waals surface area contributed by atoms with Crippen molar-refractivity contribution in [3.8, 4) is 11.4 Å². The first kappa shape index (κ1) is 13.2. The number of rotatable bonds is 3. The lowest BCUT2D eigenvalue weighted by molar-refractivity contribution is 0.368. The van der Waals surface area contributed by atoms with Crippen molar-refractivity contribution in [3.05, 3.63) is 35.7 Å². The maximum atomic E-state index is 12.9. The summed E-state index contributed by atoms with van der Waals surface area (Å²) in [5, 5.41) is 3.37. The highest BCUT2D eigenvalue weighted by atomic mass is 19.1. The fourth-order valence-electron chi connectivity index (χ4n) is 2.74. The van der Waals surface area contributed by atoms with Crippen molar-refractivity contribution < 1.29 is 4.39 Å². The Bertz CT molecular complexity index is 570. The fourth-order valence-corrected chi connectivity index (χ4v) is 2.74. The summed E-state index contributed by atoms with van der Waals surface area (Å²) < 4.78 is 12.9. The first-order chi connectivity index (χ1) is 9.72. The Morgan fingerprint density at radius 3 is 2.80 bits per heavy atom.